The van der Waals surface area contributed by atoms with Gasteiger partial charge in [-0.2, -0.15) is 0 Å². The molecule has 0 radical (unpaired) electrons. The highest BCUT2D eigenvalue weighted by Gasteiger charge is 2.22. The summed E-state index contributed by atoms with van der Waals surface area (Å²) in [5.74, 6) is 0.124. The second-order valence-electron chi connectivity index (χ2n) is 4.95. The van der Waals surface area contributed by atoms with Gasteiger partial charge in [0.15, 0.2) is 0 Å². The van der Waals surface area contributed by atoms with Gasteiger partial charge in [-0.25, -0.2) is 0 Å². The van der Waals surface area contributed by atoms with Gasteiger partial charge in [-0.15, -0.1) is 0 Å². The molecule has 1 heterocycles. The number of pyridine rings is 1. The molecule has 0 aliphatic heterocycles. The van der Waals surface area contributed by atoms with Gasteiger partial charge in [0, 0.05) is 18.4 Å². The molecule has 1 saturated carbocycles. The SMILES string of the molecule is O=C(Cc1ccc(-c2ccncc2)cc1)NC1CC1. The van der Waals surface area contributed by atoms with Crippen molar-refractivity contribution in [3.05, 3.63) is 54.4 Å². The highest BCUT2D eigenvalue weighted by Crippen LogP contribution is 2.20. The smallest absolute Gasteiger partial charge is 0.224 e. The normalized spacial score (nSPS) is 14.1. The molecule has 3 rings (SSSR count). The van der Waals surface area contributed by atoms with E-state index >= 15 is 0 Å². The molecule has 1 aromatic carbocycles. The molecule has 1 fully saturated rings. The molecule has 1 aliphatic carbocycles. The lowest BCUT2D eigenvalue weighted by atomic mass is 10.0. The van der Waals surface area contributed by atoms with Crippen molar-refractivity contribution in [1.82, 2.24) is 10.3 Å². The van der Waals surface area contributed by atoms with Crippen molar-refractivity contribution in [2.75, 3.05) is 0 Å². The van der Waals surface area contributed by atoms with Crippen LogP contribution in [0.1, 0.15) is 18.4 Å². The van der Waals surface area contributed by atoms with Gasteiger partial charge in [-0.05, 0) is 41.7 Å². The number of aromatic nitrogens is 1. The number of hydrogen-bond donors (Lipinski definition) is 1. The van der Waals surface area contributed by atoms with Gasteiger partial charge < -0.3 is 5.32 Å². The lowest BCUT2D eigenvalue weighted by Gasteiger charge is -2.05. The lowest BCUT2D eigenvalue weighted by molar-refractivity contribution is -0.120. The summed E-state index contributed by atoms with van der Waals surface area (Å²) < 4.78 is 0. The highest BCUT2D eigenvalue weighted by atomic mass is 16.1. The third-order valence-corrected chi connectivity index (χ3v) is 3.27. The molecule has 1 N–H and O–H groups in total. The molecule has 0 spiro atoms. The van der Waals surface area contributed by atoms with E-state index in [-0.39, 0.29) is 5.91 Å². The predicted octanol–water partition coefficient (Wildman–Crippen LogP) is 2.57. The first kappa shape index (κ1) is 11.9. The number of carbonyl (C=O) groups excluding carboxylic acids is 1. The molecule has 3 nitrogen and oxygen atoms in total. The van der Waals surface area contributed by atoms with Crippen molar-refractivity contribution in [1.29, 1.82) is 0 Å². The summed E-state index contributed by atoms with van der Waals surface area (Å²) in [5, 5.41) is 3.00. The lowest BCUT2D eigenvalue weighted by Crippen LogP contribution is -2.26. The van der Waals surface area contributed by atoms with Crippen LogP contribution in [0.15, 0.2) is 48.8 Å². The molecule has 0 unspecified atom stereocenters. The van der Waals surface area contributed by atoms with Crippen molar-refractivity contribution >= 4 is 5.91 Å². The Bertz CT molecular complexity index is 559. The number of amides is 1. The molecular formula is C16H16N2O. The van der Waals surface area contributed by atoms with E-state index in [0.29, 0.717) is 12.5 Å². The molecule has 1 amide bonds. The minimum atomic E-state index is 0.124. The zero-order valence-corrected chi connectivity index (χ0v) is 10.7. The van der Waals surface area contributed by atoms with Gasteiger partial charge in [0.1, 0.15) is 0 Å². The van der Waals surface area contributed by atoms with E-state index in [1.807, 2.05) is 24.3 Å². The van der Waals surface area contributed by atoms with Crippen LogP contribution in [0.3, 0.4) is 0 Å². The largest absolute Gasteiger partial charge is 0.353 e. The van der Waals surface area contributed by atoms with Crippen molar-refractivity contribution in [2.24, 2.45) is 0 Å². The van der Waals surface area contributed by atoms with E-state index in [2.05, 4.69) is 22.4 Å². The number of hydrogen-bond acceptors (Lipinski definition) is 2. The zero-order valence-electron chi connectivity index (χ0n) is 10.7. The Labute approximate surface area is 112 Å². The first-order valence-corrected chi connectivity index (χ1v) is 6.60. The van der Waals surface area contributed by atoms with Crippen LogP contribution in [0.5, 0.6) is 0 Å². The number of nitrogens with one attached hydrogen (secondary N) is 1. The standard InChI is InChI=1S/C16H16N2O/c19-16(18-15-5-6-15)11-12-1-3-13(4-2-12)14-7-9-17-10-8-14/h1-4,7-10,15H,5-6,11H2,(H,18,19). The van der Waals surface area contributed by atoms with E-state index in [0.717, 1.165) is 29.5 Å². The minimum absolute atomic E-state index is 0.124. The summed E-state index contributed by atoms with van der Waals surface area (Å²) in [5.41, 5.74) is 3.34. The van der Waals surface area contributed by atoms with Gasteiger partial charge >= 0.3 is 0 Å². The van der Waals surface area contributed by atoms with Crippen molar-refractivity contribution in [3.63, 3.8) is 0 Å². The highest BCUT2D eigenvalue weighted by molar-refractivity contribution is 5.79. The molecule has 1 aromatic heterocycles. The molecular weight excluding hydrogens is 236 g/mol. The van der Waals surface area contributed by atoms with Crippen LogP contribution in [-0.2, 0) is 11.2 Å². The number of nitrogens with zero attached hydrogens (tertiary/aromatic N) is 1. The van der Waals surface area contributed by atoms with E-state index < -0.39 is 0 Å². The second kappa shape index (κ2) is 5.22. The fourth-order valence-electron chi connectivity index (χ4n) is 2.05. The first-order chi connectivity index (χ1) is 9.31. The Hall–Kier alpha value is -2.16. The Morgan fingerprint density at radius 2 is 1.68 bits per heavy atom. The van der Waals surface area contributed by atoms with E-state index in [4.69, 9.17) is 0 Å². The molecule has 0 bridgehead atoms. The summed E-state index contributed by atoms with van der Waals surface area (Å²) in [4.78, 5) is 15.7. The number of carbonyl (C=O) groups is 1. The zero-order chi connectivity index (χ0) is 13.1. The predicted molar refractivity (Wildman–Crippen MR) is 74.5 cm³/mol. The quantitative estimate of drug-likeness (QED) is 0.908. The van der Waals surface area contributed by atoms with Gasteiger partial charge in [-0.3, -0.25) is 9.78 Å². The van der Waals surface area contributed by atoms with Crippen molar-refractivity contribution < 1.29 is 4.79 Å². The van der Waals surface area contributed by atoms with Gasteiger partial charge in [0.25, 0.3) is 0 Å². The van der Waals surface area contributed by atoms with Crippen LogP contribution in [0.25, 0.3) is 11.1 Å². The van der Waals surface area contributed by atoms with Crippen LogP contribution in [0, 0.1) is 0 Å². The van der Waals surface area contributed by atoms with Crippen LogP contribution >= 0.6 is 0 Å². The monoisotopic (exact) mass is 252 g/mol. The van der Waals surface area contributed by atoms with Gasteiger partial charge in [-0.1, -0.05) is 24.3 Å². The molecule has 3 heteroatoms. The van der Waals surface area contributed by atoms with Crippen molar-refractivity contribution in [3.8, 4) is 11.1 Å². The molecule has 1 aliphatic rings. The van der Waals surface area contributed by atoms with Crippen LogP contribution in [0.4, 0.5) is 0 Å². The second-order valence-corrected chi connectivity index (χ2v) is 4.95. The average Bonchev–Trinajstić information content (AvgIpc) is 3.24. The minimum Gasteiger partial charge on any atom is -0.353 e. The van der Waals surface area contributed by atoms with E-state index in [9.17, 15) is 4.79 Å². The van der Waals surface area contributed by atoms with Crippen LogP contribution in [0.2, 0.25) is 0 Å². The molecule has 0 atom stereocenters. The van der Waals surface area contributed by atoms with Crippen LogP contribution in [-0.4, -0.2) is 16.9 Å². The van der Waals surface area contributed by atoms with E-state index in [1.54, 1.807) is 12.4 Å². The molecule has 2 aromatic rings. The van der Waals surface area contributed by atoms with Gasteiger partial charge in [0.2, 0.25) is 5.91 Å². The third kappa shape index (κ3) is 3.19. The third-order valence-electron chi connectivity index (χ3n) is 3.27. The fraction of sp³-hybridized carbons (Fsp3) is 0.250. The number of benzene rings is 1. The Kier molecular flexibility index (Phi) is 3.27. The summed E-state index contributed by atoms with van der Waals surface area (Å²) in [7, 11) is 0. The Morgan fingerprint density at radius 1 is 1.05 bits per heavy atom. The topological polar surface area (TPSA) is 42.0 Å². The summed E-state index contributed by atoms with van der Waals surface area (Å²) in [6.45, 7) is 0. The molecule has 96 valence electrons. The number of rotatable bonds is 4. The maximum absolute atomic E-state index is 11.7. The molecule has 0 saturated heterocycles. The van der Waals surface area contributed by atoms with Gasteiger partial charge in [0.05, 0.1) is 6.42 Å². The van der Waals surface area contributed by atoms with E-state index in [1.165, 1.54) is 0 Å². The fourth-order valence-corrected chi connectivity index (χ4v) is 2.05. The Morgan fingerprint density at radius 3 is 2.32 bits per heavy atom. The maximum Gasteiger partial charge on any atom is 0.224 e. The summed E-state index contributed by atoms with van der Waals surface area (Å²) in [6.07, 6.45) is 6.30. The summed E-state index contributed by atoms with van der Waals surface area (Å²) in [6, 6.07) is 12.5. The summed E-state index contributed by atoms with van der Waals surface area (Å²) >= 11 is 0. The first-order valence-electron chi connectivity index (χ1n) is 6.60. The van der Waals surface area contributed by atoms with Crippen LogP contribution < -0.4 is 5.32 Å². The average molecular weight is 252 g/mol. The van der Waals surface area contributed by atoms with Crippen molar-refractivity contribution in [2.45, 2.75) is 25.3 Å². The maximum atomic E-state index is 11.7. The molecule has 19 heavy (non-hydrogen) atoms. The Balaban J connectivity index is 1.66.